The fraction of sp³-hybridized carbons (Fsp3) is 0.100. The third-order valence-electron chi connectivity index (χ3n) is 4.40. The van der Waals surface area contributed by atoms with Gasteiger partial charge in [-0.1, -0.05) is 35.9 Å². The third kappa shape index (κ3) is 3.90. The lowest BCUT2D eigenvalue weighted by Gasteiger charge is -2.16. The Morgan fingerprint density at radius 2 is 1.60 bits per heavy atom. The first-order valence-electron chi connectivity index (χ1n) is 8.54. The SMILES string of the molecule is O=S(=O)(Nc1cc2c(cc1-c1ccc(C(F)(F)F)c(Cl)c1)OCO2)c1ccccc1. The molecule has 0 amide bonds. The minimum absolute atomic E-state index is 0.0269. The number of anilines is 1. The van der Waals surface area contributed by atoms with Crippen molar-refractivity contribution < 1.29 is 31.1 Å². The largest absolute Gasteiger partial charge is 0.454 e. The van der Waals surface area contributed by atoms with Crippen LogP contribution >= 0.6 is 11.6 Å². The van der Waals surface area contributed by atoms with E-state index < -0.39 is 26.8 Å². The Labute approximate surface area is 175 Å². The van der Waals surface area contributed by atoms with Crippen molar-refractivity contribution in [1.29, 1.82) is 0 Å². The van der Waals surface area contributed by atoms with Crippen molar-refractivity contribution in [2.45, 2.75) is 11.1 Å². The molecule has 4 rings (SSSR count). The molecule has 5 nitrogen and oxygen atoms in total. The van der Waals surface area contributed by atoms with Gasteiger partial charge in [-0.3, -0.25) is 4.72 Å². The van der Waals surface area contributed by atoms with E-state index in [1.807, 2.05) is 0 Å². The maximum absolute atomic E-state index is 13.0. The highest BCUT2D eigenvalue weighted by molar-refractivity contribution is 7.92. The molecule has 0 aromatic heterocycles. The summed E-state index contributed by atoms with van der Waals surface area (Å²) in [5, 5.41) is -0.505. The van der Waals surface area contributed by atoms with Gasteiger partial charge in [0.15, 0.2) is 11.5 Å². The van der Waals surface area contributed by atoms with Crippen LogP contribution in [0.3, 0.4) is 0 Å². The number of alkyl halides is 3. The van der Waals surface area contributed by atoms with Crippen molar-refractivity contribution in [2.24, 2.45) is 0 Å². The maximum Gasteiger partial charge on any atom is 0.417 e. The molecule has 1 aliphatic heterocycles. The fourth-order valence-electron chi connectivity index (χ4n) is 2.98. The van der Waals surface area contributed by atoms with Crippen LogP contribution in [-0.2, 0) is 16.2 Å². The number of ether oxygens (including phenoxy) is 2. The van der Waals surface area contributed by atoms with Crippen LogP contribution in [0.1, 0.15) is 5.56 Å². The normalized spacial score (nSPS) is 13.3. The zero-order valence-electron chi connectivity index (χ0n) is 15.0. The first-order chi connectivity index (χ1) is 14.1. The molecular weight excluding hydrogens is 443 g/mol. The van der Waals surface area contributed by atoms with Gasteiger partial charge in [-0.2, -0.15) is 13.2 Å². The highest BCUT2D eigenvalue weighted by Gasteiger charge is 2.33. The lowest BCUT2D eigenvalue weighted by Crippen LogP contribution is -2.13. The van der Waals surface area contributed by atoms with Crippen LogP contribution in [0.25, 0.3) is 11.1 Å². The minimum Gasteiger partial charge on any atom is -0.454 e. The monoisotopic (exact) mass is 455 g/mol. The Morgan fingerprint density at radius 3 is 2.23 bits per heavy atom. The number of halogens is 4. The van der Waals surface area contributed by atoms with Crippen LogP contribution in [0.15, 0.2) is 65.6 Å². The predicted octanol–water partition coefficient (Wildman–Crippen LogP) is 5.56. The van der Waals surface area contributed by atoms with E-state index in [2.05, 4.69) is 4.72 Å². The molecule has 0 saturated carbocycles. The lowest BCUT2D eigenvalue weighted by atomic mass is 10.0. The van der Waals surface area contributed by atoms with E-state index in [1.165, 1.54) is 30.3 Å². The summed E-state index contributed by atoms with van der Waals surface area (Å²) in [5.74, 6) is 0.645. The summed E-state index contributed by atoms with van der Waals surface area (Å²) < 4.78 is 77.8. The van der Waals surface area contributed by atoms with Gasteiger partial charge in [0, 0.05) is 11.6 Å². The number of hydrogen-bond donors (Lipinski definition) is 1. The van der Waals surface area contributed by atoms with E-state index in [-0.39, 0.29) is 28.5 Å². The highest BCUT2D eigenvalue weighted by Crippen LogP contribution is 2.44. The summed E-state index contributed by atoms with van der Waals surface area (Å²) in [6.07, 6.45) is -4.61. The highest BCUT2D eigenvalue weighted by atomic mass is 35.5. The summed E-state index contributed by atoms with van der Waals surface area (Å²) in [6, 6.07) is 13.8. The molecule has 0 bridgehead atoms. The smallest absolute Gasteiger partial charge is 0.417 e. The second kappa shape index (κ2) is 7.41. The van der Waals surface area contributed by atoms with Crippen LogP contribution in [0.4, 0.5) is 18.9 Å². The van der Waals surface area contributed by atoms with Crippen molar-refractivity contribution in [2.75, 3.05) is 11.5 Å². The van der Waals surface area contributed by atoms with Crippen LogP contribution in [0, 0.1) is 0 Å². The molecule has 0 atom stereocenters. The molecule has 156 valence electrons. The Morgan fingerprint density at radius 1 is 0.933 bits per heavy atom. The Hall–Kier alpha value is -2.91. The minimum atomic E-state index is -4.61. The van der Waals surface area contributed by atoms with Gasteiger partial charge in [0.05, 0.1) is 21.2 Å². The molecule has 10 heteroatoms. The Balaban J connectivity index is 1.82. The predicted molar refractivity (Wildman–Crippen MR) is 105 cm³/mol. The molecule has 0 spiro atoms. The molecule has 1 N–H and O–H groups in total. The second-order valence-corrected chi connectivity index (χ2v) is 8.45. The molecular formula is C20H13ClF3NO4S. The number of rotatable bonds is 4. The molecule has 1 heterocycles. The van der Waals surface area contributed by atoms with Crippen LogP contribution in [-0.4, -0.2) is 15.2 Å². The maximum atomic E-state index is 13.0. The first kappa shape index (κ1) is 20.4. The Bertz CT molecular complexity index is 1210. The second-order valence-electron chi connectivity index (χ2n) is 6.36. The number of benzene rings is 3. The summed E-state index contributed by atoms with van der Waals surface area (Å²) >= 11 is 5.85. The zero-order valence-corrected chi connectivity index (χ0v) is 16.6. The molecule has 1 aliphatic rings. The van der Waals surface area contributed by atoms with Crippen molar-refractivity contribution in [3.63, 3.8) is 0 Å². The van der Waals surface area contributed by atoms with Gasteiger partial charge in [0.1, 0.15) is 0 Å². The topological polar surface area (TPSA) is 64.6 Å². The fourth-order valence-corrected chi connectivity index (χ4v) is 4.36. The molecule has 0 aliphatic carbocycles. The number of nitrogens with one attached hydrogen (secondary N) is 1. The molecule has 0 fully saturated rings. The molecule has 0 radical (unpaired) electrons. The quantitative estimate of drug-likeness (QED) is 0.559. The van der Waals surface area contributed by atoms with E-state index in [4.69, 9.17) is 21.1 Å². The average Bonchev–Trinajstić information content (AvgIpc) is 3.14. The van der Waals surface area contributed by atoms with Crippen molar-refractivity contribution in [3.8, 4) is 22.6 Å². The van der Waals surface area contributed by atoms with Crippen LogP contribution in [0.5, 0.6) is 11.5 Å². The zero-order chi connectivity index (χ0) is 21.5. The van der Waals surface area contributed by atoms with E-state index in [1.54, 1.807) is 18.2 Å². The number of sulfonamides is 1. The Kier molecular flexibility index (Phi) is 5.03. The van der Waals surface area contributed by atoms with Crippen LogP contribution in [0.2, 0.25) is 5.02 Å². The van der Waals surface area contributed by atoms with Crippen molar-refractivity contribution >= 4 is 27.3 Å². The molecule has 30 heavy (non-hydrogen) atoms. The van der Waals surface area contributed by atoms with Gasteiger partial charge in [0.2, 0.25) is 6.79 Å². The summed E-state index contributed by atoms with van der Waals surface area (Å²) in [6.45, 7) is -0.0581. The first-order valence-corrected chi connectivity index (χ1v) is 10.4. The standard InChI is InChI=1S/C20H13ClF3NO4S/c21-16-8-12(6-7-15(16)20(22,23)24)14-9-18-19(29-11-28-18)10-17(14)25-30(26,27)13-4-2-1-3-5-13/h1-10,25H,11H2. The van der Waals surface area contributed by atoms with E-state index in [9.17, 15) is 21.6 Å². The molecule has 3 aromatic carbocycles. The van der Waals surface area contributed by atoms with Crippen molar-refractivity contribution in [3.05, 3.63) is 71.2 Å². The summed E-state index contributed by atoms with van der Waals surface area (Å²) in [4.78, 5) is 0.0269. The van der Waals surface area contributed by atoms with Gasteiger partial charge in [-0.25, -0.2) is 8.42 Å². The van der Waals surface area contributed by atoms with Gasteiger partial charge in [-0.15, -0.1) is 0 Å². The average molecular weight is 456 g/mol. The number of fused-ring (bicyclic) bond motifs is 1. The third-order valence-corrected chi connectivity index (χ3v) is 6.09. The van der Waals surface area contributed by atoms with Gasteiger partial charge in [-0.05, 0) is 35.9 Å². The van der Waals surface area contributed by atoms with E-state index in [0.29, 0.717) is 11.5 Å². The lowest BCUT2D eigenvalue weighted by molar-refractivity contribution is -0.137. The van der Waals surface area contributed by atoms with Crippen molar-refractivity contribution in [1.82, 2.24) is 0 Å². The van der Waals surface area contributed by atoms with Gasteiger partial charge >= 0.3 is 6.18 Å². The van der Waals surface area contributed by atoms with Gasteiger partial charge < -0.3 is 9.47 Å². The van der Waals surface area contributed by atoms with Gasteiger partial charge in [0.25, 0.3) is 10.0 Å². The van der Waals surface area contributed by atoms with E-state index >= 15 is 0 Å². The van der Waals surface area contributed by atoms with Crippen LogP contribution < -0.4 is 14.2 Å². The molecule has 0 unspecified atom stereocenters. The molecule has 0 saturated heterocycles. The van der Waals surface area contributed by atoms with E-state index in [0.717, 1.165) is 12.1 Å². The summed E-state index contributed by atoms with van der Waals surface area (Å²) in [5.41, 5.74) is -0.314. The number of hydrogen-bond acceptors (Lipinski definition) is 4. The summed E-state index contributed by atoms with van der Waals surface area (Å²) in [7, 11) is -3.96. The molecule has 3 aromatic rings.